The van der Waals surface area contributed by atoms with Crippen LogP contribution in [-0.2, 0) is 11.2 Å². The lowest BCUT2D eigenvalue weighted by molar-refractivity contribution is -0.120. The summed E-state index contributed by atoms with van der Waals surface area (Å²) >= 11 is 1.56. The average molecular weight is 274 g/mol. The predicted octanol–water partition coefficient (Wildman–Crippen LogP) is 2.45. The van der Waals surface area contributed by atoms with Gasteiger partial charge in [-0.1, -0.05) is 18.2 Å². The summed E-state index contributed by atoms with van der Waals surface area (Å²) in [5, 5.41) is 5.87. The molecule has 5 heteroatoms. The molecule has 0 spiro atoms. The largest absolute Gasteiger partial charge is 0.497 e. The van der Waals surface area contributed by atoms with Crippen LogP contribution in [0.2, 0.25) is 0 Å². The van der Waals surface area contributed by atoms with Gasteiger partial charge in [-0.15, -0.1) is 11.3 Å². The molecule has 4 nitrogen and oxygen atoms in total. The van der Waals surface area contributed by atoms with Gasteiger partial charge >= 0.3 is 0 Å². The molecule has 0 bridgehead atoms. The SMILES string of the molecule is COc1cccc(/C=N/NC(=O)Cc2cccs2)c1. The molecule has 0 unspecified atom stereocenters. The van der Waals surface area contributed by atoms with Crippen LogP contribution < -0.4 is 10.2 Å². The van der Waals surface area contributed by atoms with E-state index in [0.717, 1.165) is 16.2 Å². The molecule has 1 aromatic heterocycles. The fourth-order valence-corrected chi connectivity index (χ4v) is 2.22. The van der Waals surface area contributed by atoms with Gasteiger partial charge in [-0.25, -0.2) is 5.43 Å². The molecule has 1 N–H and O–H groups in total. The highest BCUT2D eigenvalue weighted by Gasteiger charge is 2.02. The van der Waals surface area contributed by atoms with Crippen molar-refractivity contribution in [3.63, 3.8) is 0 Å². The number of methoxy groups -OCH3 is 1. The maximum Gasteiger partial charge on any atom is 0.245 e. The number of ether oxygens (including phenoxy) is 1. The molecule has 0 aliphatic rings. The lowest BCUT2D eigenvalue weighted by Crippen LogP contribution is -2.19. The van der Waals surface area contributed by atoms with Crippen molar-refractivity contribution in [2.75, 3.05) is 7.11 Å². The quantitative estimate of drug-likeness (QED) is 0.672. The third kappa shape index (κ3) is 4.22. The van der Waals surface area contributed by atoms with Gasteiger partial charge in [0, 0.05) is 4.88 Å². The molecular formula is C14H14N2O2S. The summed E-state index contributed by atoms with van der Waals surface area (Å²) in [7, 11) is 1.61. The minimum Gasteiger partial charge on any atom is -0.497 e. The van der Waals surface area contributed by atoms with E-state index < -0.39 is 0 Å². The summed E-state index contributed by atoms with van der Waals surface area (Å²) in [6.07, 6.45) is 1.95. The van der Waals surface area contributed by atoms with Crippen LogP contribution in [0.25, 0.3) is 0 Å². The molecule has 0 saturated carbocycles. The van der Waals surface area contributed by atoms with Crippen molar-refractivity contribution >= 4 is 23.5 Å². The summed E-state index contributed by atoms with van der Waals surface area (Å²) in [6.45, 7) is 0. The van der Waals surface area contributed by atoms with Crippen LogP contribution in [0.1, 0.15) is 10.4 Å². The average Bonchev–Trinajstić information content (AvgIpc) is 2.92. The van der Waals surface area contributed by atoms with Crippen molar-refractivity contribution in [1.29, 1.82) is 0 Å². The molecule has 1 heterocycles. The normalized spacial score (nSPS) is 10.6. The molecule has 0 radical (unpaired) electrons. The second kappa shape index (κ2) is 6.70. The highest BCUT2D eigenvalue weighted by Crippen LogP contribution is 2.11. The number of hydrogen-bond acceptors (Lipinski definition) is 4. The second-order valence-corrected chi connectivity index (χ2v) is 4.86. The molecule has 1 aromatic carbocycles. The first kappa shape index (κ1) is 13.3. The van der Waals surface area contributed by atoms with E-state index >= 15 is 0 Å². The Bertz CT molecular complexity index is 565. The van der Waals surface area contributed by atoms with Crippen LogP contribution in [0.4, 0.5) is 0 Å². The van der Waals surface area contributed by atoms with Crippen LogP contribution in [-0.4, -0.2) is 19.2 Å². The van der Waals surface area contributed by atoms with Crippen molar-refractivity contribution in [3.8, 4) is 5.75 Å². The molecule has 1 amide bonds. The van der Waals surface area contributed by atoms with Crippen molar-refractivity contribution in [2.45, 2.75) is 6.42 Å². The van der Waals surface area contributed by atoms with Crippen molar-refractivity contribution in [1.82, 2.24) is 5.43 Å². The van der Waals surface area contributed by atoms with Gasteiger partial charge in [0.05, 0.1) is 19.7 Å². The zero-order chi connectivity index (χ0) is 13.5. The fourth-order valence-electron chi connectivity index (χ4n) is 1.51. The summed E-state index contributed by atoms with van der Waals surface area (Å²) in [6, 6.07) is 11.3. The Morgan fingerprint density at radius 2 is 2.32 bits per heavy atom. The first-order valence-electron chi connectivity index (χ1n) is 5.76. The lowest BCUT2D eigenvalue weighted by Gasteiger charge is -2.00. The van der Waals surface area contributed by atoms with Gasteiger partial charge in [-0.3, -0.25) is 4.79 Å². The Labute approximate surface area is 115 Å². The van der Waals surface area contributed by atoms with E-state index in [2.05, 4.69) is 10.5 Å². The van der Waals surface area contributed by atoms with E-state index in [0.29, 0.717) is 6.42 Å². The Morgan fingerprint density at radius 3 is 3.05 bits per heavy atom. The number of nitrogens with zero attached hydrogens (tertiary/aromatic N) is 1. The van der Waals surface area contributed by atoms with Crippen LogP contribution in [0.5, 0.6) is 5.75 Å². The summed E-state index contributed by atoms with van der Waals surface area (Å²) < 4.78 is 5.10. The van der Waals surface area contributed by atoms with E-state index in [9.17, 15) is 4.79 Å². The van der Waals surface area contributed by atoms with Crippen LogP contribution in [0.15, 0.2) is 46.9 Å². The van der Waals surface area contributed by atoms with Crippen LogP contribution in [0, 0.1) is 0 Å². The first-order chi connectivity index (χ1) is 9.28. The van der Waals surface area contributed by atoms with Gasteiger partial charge in [0.1, 0.15) is 5.75 Å². The Morgan fingerprint density at radius 1 is 1.42 bits per heavy atom. The van der Waals surface area contributed by atoms with Gasteiger partial charge in [0.2, 0.25) is 5.91 Å². The zero-order valence-corrected chi connectivity index (χ0v) is 11.3. The van der Waals surface area contributed by atoms with Crippen molar-refractivity contribution in [3.05, 3.63) is 52.2 Å². The van der Waals surface area contributed by atoms with E-state index in [1.807, 2.05) is 41.8 Å². The Kier molecular flexibility index (Phi) is 4.69. The highest BCUT2D eigenvalue weighted by molar-refractivity contribution is 7.10. The monoisotopic (exact) mass is 274 g/mol. The molecule has 0 fully saturated rings. The standard InChI is InChI=1S/C14H14N2O2S/c1-18-12-5-2-4-11(8-12)10-15-16-14(17)9-13-6-3-7-19-13/h2-8,10H,9H2,1H3,(H,16,17)/b15-10+. The Balaban J connectivity index is 1.87. The lowest BCUT2D eigenvalue weighted by atomic mass is 10.2. The molecule has 19 heavy (non-hydrogen) atoms. The van der Waals surface area contributed by atoms with E-state index in [-0.39, 0.29) is 5.91 Å². The number of thiophene rings is 1. The Hall–Kier alpha value is -2.14. The number of carbonyl (C=O) groups is 1. The van der Waals surface area contributed by atoms with E-state index in [1.165, 1.54) is 0 Å². The number of rotatable bonds is 5. The molecule has 98 valence electrons. The van der Waals surface area contributed by atoms with Crippen molar-refractivity contribution in [2.24, 2.45) is 5.10 Å². The molecule has 0 aliphatic heterocycles. The molecule has 2 rings (SSSR count). The second-order valence-electron chi connectivity index (χ2n) is 3.83. The molecular weight excluding hydrogens is 260 g/mol. The number of benzene rings is 1. The van der Waals surface area contributed by atoms with Gasteiger partial charge in [0.15, 0.2) is 0 Å². The smallest absolute Gasteiger partial charge is 0.245 e. The number of amides is 1. The van der Waals surface area contributed by atoms with Crippen LogP contribution >= 0.6 is 11.3 Å². The maximum absolute atomic E-state index is 11.6. The minimum atomic E-state index is -0.124. The summed E-state index contributed by atoms with van der Waals surface area (Å²) in [4.78, 5) is 12.6. The molecule has 0 aliphatic carbocycles. The number of nitrogens with one attached hydrogen (secondary N) is 1. The van der Waals surface area contributed by atoms with Gasteiger partial charge in [0.25, 0.3) is 0 Å². The van der Waals surface area contributed by atoms with E-state index in [1.54, 1.807) is 24.7 Å². The molecule has 2 aromatic rings. The zero-order valence-electron chi connectivity index (χ0n) is 10.5. The predicted molar refractivity (Wildman–Crippen MR) is 76.8 cm³/mol. The fraction of sp³-hybridized carbons (Fsp3) is 0.143. The molecule has 0 atom stereocenters. The third-order valence-corrected chi connectivity index (χ3v) is 3.29. The maximum atomic E-state index is 11.6. The summed E-state index contributed by atoms with van der Waals surface area (Å²) in [5.41, 5.74) is 3.37. The summed E-state index contributed by atoms with van der Waals surface area (Å²) in [5.74, 6) is 0.635. The highest BCUT2D eigenvalue weighted by atomic mass is 32.1. The van der Waals surface area contributed by atoms with Gasteiger partial charge in [-0.05, 0) is 29.1 Å². The topological polar surface area (TPSA) is 50.7 Å². The van der Waals surface area contributed by atoms with E-state index in [4.69, 9.17) is 4.74 Å². The van der Waals surface area contributed by atoms with Crippen molar-refractivity contribution < 1.29 is 9.53 Å². The van der Waals surface area contributed by atoms with Crippen LogP contribution in [0.3, 0.4) is 0 Å². The first-order valence-corrected chi connectivity index (χ1v) is 6.64. The molecule has 0 saturated heterocycles. The van der Waals surface area contributed by atoms with Gasteiger partial charge in [-0.2, -0.15) is 5.10 Å². The number of hydrazone groups is 1. The van der Waals surface area contributed by atoms with Gasteiger partial charge < -0.3 is 4.74 Å². The minimum absolute atomic E-state index is 0.124. The number of carbonyl (C=O) groups excluding carboxylic acids is 1. The third-order valence-electron chi connectivity index (χ3n) is 2.41. The number of hydrogen-bond donors (Lipinski definition) is 1.